The molecule has 0 radical (unpaired) electrons. The number of carbonyl (C=O) groups excluding carboxylic acids is 2. The molecule has 3 rings (SSSR count). The number of carbonyl (C=O) groups is 2. The minimum atomic E-state index is -0.133. The summed E-state index contributed by atoms with van der Waals surface area (Å²) in [5.74, 6) is -0.0161. The molecule has 0 aromatic carbocycles. The van der Waals surface area contributed by atoms with Crippen LogP contribution in [-0.4, -0.2) is 49.8 Å². The van der Waals surface area contributed by atoms with Crippen LogP contribution >= 0.6 is 0 Å². The predicted molar refractivity (Wildman–Crippen MR) is 98.4 cm³/mol. The number of aromatic nitrogens is 4. The summed E-state index contributed by atoms with van der Waals surface area (Å²) >= 11 is 0. The second-order valence-corrected chi connectivity index (χ2v) is 6.41. The van der Waals surface area contributed by atoms with Gasteiger partial charge in [0.15, 0.2) is 0 Å². The fourth-order valence-corrected chi connectivity index (χ4v) is 3.32. The molecule has 26 heavy (non-hydrogen) atoms. The maximum atomic E-state index is 12.6. The van der Waals surface area contributed by atoms with Gasteiger partial charge in [-0.1, -0.05) is 0 Å². The highest BCUT2D eigenvalue weighted by molar-refractivity contribution is 5.92. The van der Waals surface area contributed by atoms with Crippen molar-refractivity contribution in [2.24, 2.45) is 0 Å². The fourth-order valence-electron chi connectivity index (χ4n) is 3.32. The quantitative estimate of drug-likeness (QED) is 0.801. The summed E-state index contributed by atoms with van der Waals surface area (Å²) in [5, 5.41) is 14.0. The molecule has 3 heterocycles. The van der Waals surface area contributed by atoms with Crippen LogP contribution in [0.1, 0.15) is 44.0 Å². The number of piperidine rings is 1. The molecule has 0 bridgehead atoms. The van der Waals surface area contributed by atoms with Crippen LogP contribution in [0.2, 0.25) is 0 Å². The Morgan fingerprint density at radius 2 is 2.31 bits per heavy atom. The van der Waals surface area contributed by atoms with Crippen LogP contribution in [0.25, 0.3) is 6.08 Å². The minimum absolute atomic E-state index is 0.0147. The highest BCUT2D eigenvalue weighted by Crippen LogP contribution is 2.30. The van der Waals surface area contributed by atoms with Crippen molar-refractivity contribution in [1.29, 1.82) is 0 Å². The third-order valence-electron chi connectivity index (χ3n) is 4.57. The van der Waals surface area contributed by atoms with Crippen molar-refractivity contribution < 1.29 is 9.59 Å². The van der Waals surface area contributed by atoms with E-state index < -0.39 is 0 Å². The number of H-pyrrole nitrogens is 1. The van der Waals surface area contributed by atoms with Gasteiger partial charge in [0.05, 0.1) is 23.3 Å². The molecule has 1 saturated heterocycles. The first-order valence-electron chi connectivity index (χ1n) is 8.88. The molecule has 2 amide bonds. The molecule has 1 atom stereocenters. The van der Waals surface area contributed by atoms with Crippen LogP contribution in [0, 0.1) is 0 Å². The van der Waals surface area contributed by atoms with E-state index in [1.54, 1.807) is 24.5 Å². The number of aromatic amines is 1. The minimum Gasteiger partial charge on any atom is -0.338 e. The van der Waals surface area contributed by atoms with Crippen molar-refractivity contribution in [3.05, 3.63) is 35.9 Å². The highest BCUT2D eigenvalue weighted by atomic mass is 16.2. The molecule has 2 aromatic heterocycles. The SMILES string of the molecule is CCn1nccc1/C=C\C(=O)N1CCCC(c2[nH]ncc2NC(C)=O)C1. The molecule has 138 valence electrons. The van der Waals surface area contributed by atoms with Gasteiger partial charge in [-0.3, -0.25) is 19.4 Å². The molecule has 2 N–H and O–H groups in total. The van der Waals surface area contributed by atoms with Gasteiger partial charge in [0.25, 0.3) is 0 Å². The van der Waals surface area contributed by atoms with E-state index in [2.05, 4.69) is 20.6 Å². The summed E-state index contributed by atoms with van der Waals surface area (Å²) in [4.78, 5) is 25.8. The van der Waals surface area contributed by atoms with Crippen molar-refractivity contribution in [1.82, 2.24) is 24.9 Å². The smallest absolute Gasteiger partial charge is 0.246 e. The van der Waals surface area contributed by atoms with E-state index in [4.69, 9.17) is 0 Å². The topological polar surface area (TPSA) is 95.9 Å². The van der Waals surface area contributed by atoms with Gasteiger partial charge >= 0.3 is 0 Å². The molecule has 0 spiro atoms. The molecule has 8 heteroatoms. The number of hydrogen-bond donors (Lipinski definition) is 2. The van der Waals surface area contributed by atoms with Gasteiger partial charge in [-0.25, -0.2) is 0 Å². The zero-order valence-corrected chi connectivity index (χ0v) is 15.1. The van der Waals surface area contributed by atoms with Crippen LogP contribution in [0.5, 0.6) is 0 Å². The standard InChI is InChI=1S/C18H24N6O2/c1-3-24-15(8-9-20-24)6-7-17(26)23-10-4-5-14(12-23)18-16(11-19-22-18)21-13(2)25/h6-9,11,14H,3-5,10,12H2,1-2H3,(H,19,22)(H,21,25)/b7-6-. The molecule has 1 fully saturated rings. The van der Waals surface area contributed by atoms with E-state index in [1.807, 2.05) is 22.6 Å². The van der Waals surface area contributed by atoms with E-state index in [9.17, 15) is 9.59 Å². The van der Waals surface area contributed by atoms with Gasteiger partial charge in [0, 0.05) is 44.7 Å². The lowest BCUT2D eigenvalue weighted by Gasteiger charge is -2.32. The Morgan fingerprint density at radius 3 is 3.08 bits per heavy atom. The number of aryl methyl sites for hydroxylation is 1. The van der Waals surface area contributed by atoms with Crippen LogP contribution < -0.4 is 5.32 Å². The van der Waals surface area contributed by atoms with Crippen LogP contribution in [0.15, 0.2) is 24.5 Å². The number of anilines is 1. The summed E-state index contributed by atoms with van der Waals surface area (Å²) in [6, 6.07) is 1.89. The van der Waals surface area contributed by atoms with E-state index in [0.29, 0.717) is 12.2 Å². The summed E-state index contributed by atoms with van der Waals surface area (Å²) in [6.07, 6.45) is 8.62. The van der Waals surface area contributed by atoms with Gasteiger partial charge < -0.3 is 10.2 Å². The van der Waals surface area contributed by atoms with E-state index in [-0.39, 0.29) is 17.7 Å². The first kappa shape index (κ1) is 17.9. The van der Waals surface area contributed by atoms with Crippen LogP contribution in [0.3, 0.4) is 0 Å². The van der Waals surface area contributed by atoms with E-state index >= 15 is 0 Å². The normalized spacial score (nSPS) is 17.6. The average molecular weight is 356 g/mol. The third kappa shape index (κ3) is 4.01. The highest BCUT2D eigenvalue weighted by Gasteiger charge is 2.26. The second-order valence-electron chi connectivity index (χ2n) is 6.41. The van der Waals surface area contributed by atoms with E-state index in [1.165, 1.54) is 6.92 Å². The third-order valence-corrected chi connectivity index (χ3v) is 4.57. The lowest BCUT2D eigenvalue weighted by Crippen LogP contribution is -2.38. The molecule has 2 aromatic rings. The predicted octanol–water partition coefficient (Wildman–Crippen LogP) is 2.00. The van der Waals surface area contributed by atoms with Crippen molar-refractivity contribution >= 4 is 23.6 Å². The Balaban J connectivity index is 1.67. The number of hydrogen-bond acceptors (Lipinski definition) is 4. The Bertz CT molecular complexity index is 806. The number of nitrogens with one attached hydrogen (secondary N) is 2. The van der Waals surface area contributed by atoms with Crippen molar-refractivity contribution in [3.8, 4) is 0 Å². The maximum absolute atomic E-state index is 12.6. The summed E-state index contributed by atoms with van der Waals surface area (Å²) in [5.41, 5.74) is 2.49. The molecule has 1 aliphatic heterocycles. The Labute approximate surface area is 152 Å². The first-order valence-corrected chi connectivity index (χ1v) is 8.88. The number of nitrogens with zero attached hydrogens (tertiary/aromatic N) is 4. The van der Waals surface area contributed by atoms with Crippen LogP contribution in [0.4, 0.5) is 5.69 Å². The first-order chi connectivity index (χ1) is 12.6. The molecular formula is C18H24N6O2. The average Bonchev–Trinajstić information content (AvgIpc) is 3.28. The monoisotopic (exact) mass is 356 g/mol. The second kappa shape index (κ2) is 7.99. The van der Waals surface area contributed by atoms with Gasteiger partial charge in [0.1, 0.15) is 0 Å². The lowest BCUT2D eigenvalue weighted by molar-refractivity contribution is -0.127. The van der Waals surface area contributed by atoms with Crippen molar-refractivity contribution in [2.45, 2.75) is 39.2 Å². The molecule has 0 saturated carbocycles. The summed E-state index contributed by atoms with van der Waals surface area (Å²) in [6.45, 7) is 5.58. The van der Waals surface area contributed by atoms with Crippen LogP contribution in [-0.2, 0) is 16.1 Å². The maximum Gasteiger partial charge on any atom is 0.246 e. The Kier molecular flexibility index (Phi) is 5.50. The molecule has 1 unspecified atom stereocenters. The van der Waals surface area contributed by atoms with E-state index in [0.717, 1.165) is 37.3 Å². The number of rotatable bonds is 5. The summed E-state index contributed by atoms with van der Waals surface area (Å²) in [7, 11) is 0. The number of amides is 2. The molecule has 1 aliphatic rings. The number of likely N-dealkylation sites (tertiary alicyclic amines) is 1. The van der Waals surface area contributed by atoms with Gasteiger partial charge in [0.2, 0.25) is 11.8 Å². The van der Waals surface area contributed by atoms with Crippen molar-refractivity contribution in [3.63, 3.8) is 0 Å². The zero-order valence-electron chi connectivity index (χ0n) is 15.1. The van der Waals surface area contributed by atoms with Gasteiger partial charge in [-0.05, 0) is 31.9 Å². The molecular weight excluding hydrogens is 332 g/mol. The Morgan fingerprint density at radius 1 is 1.46 bits per heavy atom. The zero-order chi connectivity index (χ0) is 18.5. The largest absolute Gasteiger partial charge is 0.338 e. The lowest BCUT2D eigenvalue weighted by atomic mass is 9.94. The Hall–Kier alpha value is -2.90. The molecule has 8 nitrogen and oxygen atoms in total. The summed E-state index contributed by atoms with van der Waals surface area (Å²) < 4.78 is 1.84. The van der Waals surface area contributed by atoms with Gasteiger partial charge in [-0.15, -0.1) is 0 Å². The fraction of sp³-hybridized carbons (Fsp3) is 0.444. The van der Waals surface area contributed by atoms with Gasteiger partial charge in [-0.2, -0.15) is 10.2 Å². The molecule has 0 aliphatic carbocycles. The van der Waals surface area contributed by atoms with Crippen molar-refractivity contribution in [2.75, 3.05) is 18.4 Å².